The number of benzene rings is 1. The summed E-state index contributed by atoms with van der Waals surface area (Å²) in [6, 6.07) is 8.19. The molecule has 23 heavy (non-hydrogen) atoms. The average Bonchev–Trinajstić information content (AvgIpc) is 2.79. The molecule has 3 rings (SSSR count). The number of fused-ring (bicyclic) bond motifs is 1. The number of hydrogen-bond donors (Lipinski definition) is 1. The Hall–Kier alpha value is -1.94. The van der Waals surface area contributed by atoms with Crippen LogP contribution in [0.25, 0.3) is 10.9 Å². The van der Waals surface area contributed by atoms with Gasteiger partial charge in [-0.2, -0.15) is 0 Å². The summed E-state index contributed by atoms with van der Waals surface area (Å²) in [4.78, 5) is 19.7. The molecule has 0 saturated carbocycles. The molecule has 122 valence electrons. The number of aromatic nitrogens is 1. The Morgan fingerprint density at radius 1 is 1.35 bits per heavy atom. The molecular formula is C19H25N3O. The maximum Gasteiger partial charge on any atom is 0.254 e. The lowest BCUT2D eigenvalue weighted by Gasteiger charge is -2.33. The highest BCUT2D eigenvalue weighted by molar-refractivity contribution is 6.06. The van der Waals surface area contributed by atoms with E-state index >= 15 is 0 Å². The molecule has 1 aromatic heterocycles. The molecule has 1 saturated heterocycles. The van der Waals surface area contributed by atoms with Crippen molar-refractivity contribution >= 4 is 16.8 Å². The van der Waals surface area contributed by atoms with Gasteiger partial charge in [0.05, 0.1) is 11.1 Å². The first-order valence-electron chi connectivity index (χ1n) is 8.45. The number of pyridine rings is 1. The maximum atomic E-state index is 13.2. The van der Waals surface area contributed by atoms with Gasteiger partial charge in [-0.1, -0.05) is 26.0 Å². The Kier molecular flexibility index (Phi) is 4.62. The van der Waals surface area contributed by atoms with E-state index in [-0.39, 0.29) is 11.9 Å². The first-order chi connectivity index (χ1) is 11.1. The van der Waals surface area contributed by atoms with Crippen LogP contribution in [0, 0.1) is 12.8 Å². The van der Waals surface area contributed by atoms with Crippen LogP contribution in [0.2, 0.25) is 0 Å². The molecule has 0 spiro atoms. The zero-order chi connectivity index (χ0) is 16.4. The van der Waals surface area contributed by atoms with Gasteiger partial charge < -0.3 is 10.2 Å². The molecular weight excluding hydrogens is 286 g/mol. The third-order valence-corrected chi connectivity index (χ3v) is 4.67. The fourth-order valence-corrected chi connectivity index (χ4v) is 3.35. The molecule has 4 nitrogen and oxygen atoms in total. The highest BCUT2D eigenvalue weighted by Gasteiger charge is 2.29. The van der Waals surface area contributed by atoms with Crippen LogP contribution in [0.5, 0.6) is 0 Å². The Bertz CT molecular complexity index is 711. The second-order valence-corrected chi connectivity index (χ2v) is 6.75. The topological polar surface area (TPSA) is 45.2 Å². The molecule has 2 heterocycles. The fourth-order valence-electron chi connectivity index (χ4n) is 3.35. The number of amides is 1. The van der Waals surface area contributed by atoms with E-state index < -0.39 is 0 Å². The number of aryl methyl sites for hydroxylation is 1. The molecule has 0 radical (unpaired) electrons. The molecule has 1 unspecified atom stereocenters. The van der Waals surface area contributed by atoms with Gasteiger partial charge in [-0.25, -0.2) is 0 Å². The van der Waals surface area contributed by atoms with E-state index in [0.29, 0.717) is 5.92 Å². The predicted molar refractivity (Wildman–Crippen MR) is 93.6 cm³/mol. The average molecular weight is 311 g/mol. The minimum atomic E-state index is 0.128. The van der Waals surface area contributed by atoms with Crippen molar-refractivity contribution in [1.82, 2.24) is 15.2 Å². The van der Waals surface area contributed by atoms with Crippen LogP contribution in [0.1, 0.15) is 36.2 Å². The van der Waals surface area contributed by atoms with Crippen molar-refractivity contribution in [2.75, 3.05) is 19.6 Å². The third kappa shape index (κ3) is 3.22. The monoisotopic (exact) mass is 311 g/mol. The van der Waals surface area contributed by atoms with E-state index in [2.05, 4.69) is 29.0 Å². The zero-order valence-corrected chi connectivity index (χ0v) is 14.2. The quantitative estimate of drug-likeness (QED) is 0.927. The summed E-state index contributed by atoms with van der Waals surface area (Å²) >= 11 is 0. The number of carbonyl (C=O) groups is 1. The second-order valence-electron chi connectivity index (χ2n) is 6.75. The number of nitrogens with zero attached hydrogens (tertiary/aromatic N) is 2. The summed E-state index contributed by atoms with van der Waals surface area (Å²) in [6.07, 6.45) is 2.74. The number of nitrogens with one attached hydrogen (secondary N) is 1. The first kappa shape index (κ1) is 15.9. The molecule has 1 amide bonds. The largest absolute Gasteiger partial charge is 0.334 e. The Labute approximate surface area is 137 Å². The molecule has 1 atom stereocenters. The predicted octanol–water partition coefficient (Wildman–Crippen LogP) is 3.00. The van der Waals surface area contributed by atoms with Gasteiger partial charge in [0.1, 0.15) is 0 Å². The van der Waals surface area contributed by atoms with Gasteiger partial charge in [-0.15, -0.1) is 0 Å². The van der Waals surface area contributed by atoms with Gasteiger partial charge in [-0.3, -0.25) is 9.78 Å². The van der Waals surface area contributed by atoms with E-state index in [9.17, 15) is 4.79 Å². The standard InChI is InChI=1S/C19H25N3O/c1-13(2)18-12-20-8-4-10-22(18)19(23)16-7-9-21-17-11-14(3)5-6-15(16)17/h5-7,9,11,13,18,20H,4,8,10,12H2,1-3H3. The smallest absolute Gasteiger partial charge is 0.254 e. The van der Waals surface area contributed by atoms with Crippen LogP contribution in [-0.4, -0.2) is 41.5 Å². The van der Waals surface area contributed by atoms with E-state index in [1.54, 1.807) is 6.20 Å². The summed E-state index contributed by atoms with van der Waals surface area (Å²) in [5.74, 6) is 0.559. The van der Waals surface area contributed by atoms with Crippen LogP contribution < -0.4 is 5.32 Å². The highest BCUT2D eigenvalue weighted by Crippen LogP contribution is 2.22. The summed E-state index contributed by atoms with van der Waals surface area (Å²) in [5, 5.41) is 4.40. The lowest BCUT2D eigenvalue weighted by atomic mass is 10.00. The fraction of sp³-hybridized carbons (Fsp3) is 0.474. The molecule has 1 aliphatic heterocycles. The normalized spacial score (nSPS) is 19.1. The zero-order valence-electron chi connectivity index (χ0n) is 14.2. The van der Waals surface area contributed by atoms with Crippen LogP contribution in [0.3, 0.4) is 0 Å². The second kappa shape index (κ2) is 6.67. The maximum absolute atomic E-state index is 13.2. The molecule has 2 aromatic rings. The van der Waals surface area contributed by atoms with Crippen molar-refractivity contribution < 1.29 is 4.79 Å². The van der Waals surface area contributed by atoms with Crippen LogP contribution in [0.4, 0.5) is 0 Å². The van der Waals surface area contributed by atoms with E-state index in [0.717, 1.165) is 48.1 Å². The lowest BCUT2D eigenvalue weighted by molar-refractivity contribution is 0.0648. The van der Waals surface area contributed by atoms with Gasteiger partial charge >= 0.3 is 0 Å². The van der Waals surface area contributed by atoms with Crippen molar-refractivity contribution in [2.45, 2.75) is 33.2 Å². The minimum absolute atomic E-state index is 0.128. The van der Waals surface area contributed by atoms with Crippen molar-refractivity contribution in [3.63, 3.8) is 0 Å². The van der Waals surface area contributed by atoms with Crippen LogP contribution in [-0.2, 0) is 0 Å². The number of rotatable bonds is 2. The van der Waals surface area contributed by atoms with E-state index in [1.165, 1.54) is 0 Å². The SMILES string of the molecule is Cc1ccc2c(C(=O)N3CCCNCC3C(C)C)ccnc2c1. The summed E-state index contributed by atoms with van der Waals surface area (Å²) in [6.45, 7) is 9.07. The summed E-state index contributed by atoms with van der Waals surface area (Å²) < 4.78 is 0. The number of carbonyl (C=O) groups excluding carboxylic acids is 1. The van der Waals surface area contributed by atoms with Crippen LogP contribution >= 0.6 is 0 Å². The van der Waals surface area contributed by atoms with Gasteiger partial charge in [0.15, 0.2) is 0 Å². The minimum Gasteiger partial charge on any atom is -0.334 e. The van der Waals surface area contributed by atoms with Crippen molar-refractivity contribution in [1.29, 1.82) is 0 Å². The first-order valence-corrected chi connectivity index (χ1v) is 8.45. The molecule has 1 aliphatic rings. The van der Waals surface area contributed by atoms with Crippen molar-refractivity contribution in [3.05, 3.63) is 41.6 Å². The van der Waals surface area contributed by atoms with Crippen LogP contribution in [0.15, 0.2) is 30.5 Å². The molecule has 1 aromatic carbocycles. The van der Waals surface area contributed by atoms with Crippen molar-refractivity contribution in [2.24, 2.45) is 5.92 Å². The highest BCUT2D eigenvalue weighted by atomic mass is 16.2. The van der Waals surface area contributed by atoms with Gasteiger partial charge in [0.25, 0.3) is 5.91 Å². The Morgan fingerprint density at radius 3 is 2.96 bits per heavy atom. The van der Waals surface area contributed by atoms with Crippen molar-refractivity contribution in [3.8, 4) is 0 Å². The van der Waals surface area contributed by atoms with Gasteiger partial charge in [0.2, 0.25) is 0 Å². The summed E-state index contributed by atoms with van der Waals surface area (Å²) in [5.41, 5.74) is 2.82. The molecule has 1 N–H and O–H groups in total. The molecule has 4 heteroatoms. The van der Waals surface area contributed by atoms with E-state index in [1.807, 2.05) is 31.2 Å². The molecule has 0 aliphatic carbocycles. The Morgan fingerprint density at radius 2 is 2.17 bits per heavy atom. The lowest BCUT2D eigenvalue weighted by Crippen LogP contribution is -2.46. The molecule has 1 fully saturated rings. The van der Waals surface area contributed by atoms with Gasteiger partial charge in [-0.05, 0) is 43.5 Å². The Balaban J connectivity index is 2.01. The van der Waals surface area contributed by atoms with Gasteiger partial charge in [0, 0.05) is 30.7 Å². The number of hydrogen-bond acceptors (Lipinski definition) is 3. The third-order valence-electron chi connectivity index (χ3n) is 4.67. The molecule has 0 bridgehead atoms. The summed E-state index contributed by atoms with van der Waals surface area (Å²) in [7, 11) is 0. The van der Waals surface area contributed by atoms with E-state index in [4.69, 9.17) is 0 Å².